The van der Waals surface area contributed by atoms with Crippen LogP contribution in [-0.2, 0) is 9.53 Å². The molecule has 1 rings (SSSR count). The molecule has 0 aromatic rings. The Morgan fingerprint density at radius 2 is 2.21 bits per heavy atom. The van der Waals surface area contributed by atoms with Crippen molar-refractivity contribution in [2.45, 2.75) is 45.6 Å². The zero-order valence-corrected chi connectivity index (χ0v) is 11.9. The molecule has 0 aliphatic heterocycles. The predicted molar refractivity (Wildman–Crippen MR) is 73.6 cm³/mol. The van der Waals surface area contributed by atoms with Crippen molar-refractivity contribution < 1.29 is 14.3 Å². The first-order valence-corrected chi connectivity index (χ1v) is 6.41. The lowest BCUT2D eigenvalue weighted by molar-refractivity contribution is -0.115. The van der Waals surface area contributed by atoms with Crippen molar-refractivity contribution in [3.8, 4) is 0 Å². The van der Waals surface area contributed by atoms with Crippen molar-refractivity contribution in [2.75, 3.05) is 6.54 Å². The van der Waals surface area contributed by atoms with E-state index in [0.717, 1.165) is 6.42 Å². The summed E-state index contributed by atoms with van der Waals surface area (Å²) in [5, 5.41) is 0. The van der Waals surface area contributed by atoms with E-state index in [0.29, 0.717) is 25.1 Å². The lowest BCUT2D eigenvalue weighted by atomic mass is 10.0. The van der Waals surface area contributed by atoms with Gasteiger partial charge in [-0.05, 0) is 39.7 Å². The smallest absolute Gasteiger partial charge is 0.414 e. The van der Waals surface area contributed by atoms with Crippen LogP contribution in [0.1, 0.15) is 40.0 Å². The maximum atomic E-state index is 12.2. The highest BCUT2D eigenvalue weighted by Crippen LogP contribution is 2.21. The van der Waals surface area contributed by atoms with E-state index >= 15 is 0 Å². The number of hydrogen-bond donors (Lipinski definition) is 0. The molecule has 0 saturated carbocycles. The van der Waals surface area contributed by atoms with Crippen molar-refractivity contribution in [1.82, 2.24) is 4.90 Å². The van der Waals surface area contributed by atoms with Gasteiger partial charge in [0.15, 0.2) is 5.78 Å². The van der Waals surface area contributed by atoms with Gasteiger partial charge in [-0.3, -0.25) is 9.69 Å². The number of carbonyl (C=O) groups is 2. The van der Waals surface area contributed by atoms with Crippen LogP contribution in [0.25, 0.3) is 0 Å². The quantitative estimate of drug-likeness (QED) is 0.734. The number of ether oxygens (including phenoxy) is 1. The molecule has 1 amide bonds. The summed E-state index contributed by atoms with van der Waals surface area (Å²) in [5.74, 6) is 0.0531. The summed E-state index contributed by atoms with van der Waals surface area (Å²) in [6.07, 6.45) is 4.74. The van der Waals surface area contributed by atoms with Crippen LogP contribution in [0, 0.1) is 0 Å². The van der Waals surface area contributed by atoms with Gasteiger partial charge in [0.2, 0.25) is 0 Å². The Bertz CT molecular complexity index is 437. The third-order valence-electron chi connectivity index (χ3n) is 2.56. The fourth-order valence-corrected chi connectivity index (χ4v) is 1.77. The van der Waals surface area contributed by atoms with Crippen LogP contribution in [0.3, 0.4) is 0 Å². The molecule has 0 atom stereocenters. The lowest BCUT2D eigenvalue weighted by Gasteiger charge is -2.29. The van der Waals surface area contributed by atoms with Crippen LogP contribution in [0.4, 0.5) is 4.79 Å². The summed E-state index contributed by atoms with van der Waals surface area (Å²) in [5.41, 5.74) is 2.77. The molecule has 0 bridgehead atoms. The van der Waals surface area contributed by atoms with Crippen molar-refractivity contribution in [1.29, 1.82) is 0 Å². The van der Waals surface area contributed by atoms with Gasteiger partial charge < -0.3 is 4.74 Å². The van der Waals surface area contributed by atoms with E-state index < -0.39 is 11.7 Å². The highest BCUT2D eigenvalue weighted by molar-refractivity contribution is 5.91. The van der Waals surface area contributed by atoms with Crippen molar-refractivity contribution >= 4 is 11.9 Å². The molecule has 4 heteroatoms. The average molecular weight is 263 g/mol. The third kappa shape index (κ3) is 5.14. The molecule has 0 aromatic heterocycles. The third-order valence-corrected chi connectivity index (χ3v) is 2.56. The van der Waals surface area contributed by atoms with Gasteiger partial charge in [-0.2, -0.15) is 0 Å². The molecular weight excluding hydrogens is 242 g/mol. The normalized spacial score (nSPS) is 15.3. The first-order chi connectivity index (χ1) is 8.83. The molecule has 0 radical (unpaired) electrons. The van der Waals surface area contributed by atoms with Crippen molar-refractivity contribution in [3.63, 3.8) is 0 Å². The minimum atomic E-state index is -0.563. The molecule has 104 valence electrons. The Hall–Kier alpha value is -1.80. The minimum absolute atomic E-state index is 0.0531. The van der Waals surface area contributed by atoms with E-state index in [1.807, 2.05) is 20.8 Å². The molecule has 0 heterocycles. The number of hydrogen-bond acceptors (Lipinski definition) is 3. The van der Waals surface area contributed by atoms with Gasteiger partial charge in [-0.1, -0.05) is 6.58 Å². The van der Waals surface area contributed by atoms with Gasteiger partial charge in [0.05, 0.1) is 6.54 Å². The second kappa shape index (κ2) is 6.39. The standard InChI is InChI=1S/C15H21NO3/c1-5-6-10-16(14(18)19-15(2,3)4)12-8-7-9-13(17)11-12/h6,11H,1,7-10H2,2-4H3. The lowest BCUT2D eigenvalue weighted by Crippen LogP contribution is -2.37. The maximum absolute atomic E-state index is 12.2. The molecule has 1 aliphatic carbocycles. The van der Waals surface area contributed by atoms with Crippen LogP contribution in [0.2, 0.25) is 0 Å². The van der Waals surface area contributed by atoms with Gasteiger partial charge in [0, 0.05) is 18.2 Å². The Morgan fingerprint density at radius 3 is 2.74 bits per heavy atom. The molecule has 19 heavy (non-hydrogen) atoms. The predicted octanol–water partition coefficient (Wildman–Crippen LogP) is 3.20. The Balaban J connectivity index is 2.91. The fraction of sp³-hybridized carbons (Fsp3) is 0.533. The summed E-state index contributed by atoms with van der Waals surface area (Å²) in [4.78, 5) is 25.1. The number of rotatable bonds is 3. The van der Waals surface area contributed by atoms with Crippen LogP contribution in [-0.4, -0.2) is 28.9 Å². The average Bonchev–Trinajstić information content (AvgIpc) is 2.27. The second-order valence-corrected chi connectivity index (χ2v) is 5.45. The minimum Gasteiger partial charge on any atom is -0.443 e. The molecule has 0 aromatic carbocycles. The van der Waals surface area contributed by atoms with E-state index in [2.05, 4.69) is 12.3 Å². The molecule has 1 aliphatic rings. The van der Waals surface area contributed by atoms with Gasteiger partial charge >= 0.3 is 6.09 Å². The van der Waals surface area contributed by atoms with Crippen LogP contribution >= 0.6 is 0 Å². The number of carbonyl (C=O) groups excluding carboxylic acids is 2. The molecule has 0 N–H and O–H groups in total. The van der Waals surface area contributed by atoms with Crippen molar-refractivity contribution in [3.05, 3.63) is 30.2 Å². The molecule has 0 fully saturated rings. The van der Waals surface area contributed by atoms with Crippen LogP contribution < -0.4 is 0 Å². The molecule has 4 nitrogen and oxygen atoms in total. The molecular formula is C15H21NO3. The number of nitrogens with zero attached hydrogens (tertiary/aromatic N) is 1. The highest BCUT2D eigenvalue weighted by atomic mass is 16.6. The monoisotopic (exact) mass is 263 g/mol. The summed E-state index contributed by atoms with van der Waals surface area (Å²) in [6, 6.07) is 0. The summed E-state index contributed by atoms with van der Waals surface area (Å²) in [7, 11) is 0. The zero-order valence-electron chi connectivity index (χ0n) is 11.9. The van der Waals surface area contributed by atoms with E-state index in [4.69, 9.17) is 4.74 Å². The number of allylic oxidation sites excluding steroid dienone is 2. The van der Waals surface area contributed by atoms with E-state index in [1.165, 1.54) is 11.0 Å². The molecule has 0 saturated heterocycles. The second-order valence-electron chi connectivity index (χ2n) is 5.45. The molecule has 0 spiro atoms. The number of amides is 1. The highest BCUT2D eigenvalue weighted by Gasteiger charge is 2.25. The van der Waals surface area contributed by atoms with E-state index in [-0.39, 0.29) is 5.78 Å². The summed E-state index contributed by atoms with van der Waals surface area (Å²) in [6.45, 7) is 9.23. The van der Waals surface area contributed by atoms with E-state index in [9.17, 15) is 9.59 Å². The SMILES string of the molecule is C=C=CCN(C(=O)OC(C)(C)C)C1=CC(=O)CCC1. The molecule has 0 unspecified atom stereocenters. The van der Waals surface area contributed by atoms with Crippen LogP contribution in [0.15, 0.2) is 30.2 Å². The van der Waals surface area contributed by atoms with Crippen molar-refractivity contribution in [2.24, 2.45) is 0 Å². The van der Waals surface area contributed by atoms with Gasteiger partial charge in [0.25, 0.3) is 0 Å². The first-order valence-electron chi connectivity index (χ1n) is 6.41. The largest absolute Gasteiger partial charge is 0.443 e. The Kier molecular flexibility index (Phi) is 5.13. The van der Waals surface area contributed by atoms with Gasteiger partial charge in [0.1, 0.15) is 5.60 Å². The van der Waals surface area contributed by atoms with Gasteiger partial charge in [-0.15, -0.1) is 5.73 Å². The summed E-state index contributed by atoms with van der Waals surface area (Å²) >= 11 is 0. The summed E-state index contributed by atoms with van der Waals surface area (Å²) < 4.78 is 5.35. The fourth-order valence-electron chi connectivity index (χ4n) is 1.77. The Morgan fingerprint density at radius 1 is 1.53 bits per heavy atom. The first kappa shape index (κ1) is 15.3. The zero-order chi connectivity index (χ0) is 14.5. The maximum Gasteiger partial charge on any atom is 0.414 e. The Labute approximate surface area is 114 Å². The topological polar surface area (TPSA) is 46.6 Å². The van der Waals surface area contributed by atoms with E-state index in [1.54, 1.807) is 6.08 Å². The number of ketones is 1. The van der Waals surface area contributed by atoms with Crippen LogP contribution in [0.5, 0.6) is 0 Å². The van der Waals surface area contributed by atoms with Gasteiger partial charge in [-0.25, -0.2) is 4.79 Å².